The molecule has 84 valence electrons. The second-order valence-electron chi connectivity index (χ2n) is 4.16. The lowest BCUT2D eigenvalue weighted by Gasteiger charge is -2.16. The monoisotopic (exact) mass is 200 g/mol. The number of unbranched alkanes of at least 4 members (excludes halogenated alkanes) is 2. The Kier molecular flexibility index (Phi) is 4.81. The van der Waals surface area contributed by atoms with E-state index in [1.165, 1.54) is 25.7 Å². The predicted octanol–water partition coefficient (Wildman–Crippen LogP) is 0.0399. The SMILES string of the molecule is CCCCCC(CN1C(N)C1N)NC. The lowest BCUT2D eigenvalue weighted by molar-refractivity contribution is 0.375. The van der Waals surface area contributed by atoms with Crippen molar-refractivity contribution in [2.75, 3.05) is 13.6 Å². The molecule has 0 bridgehead atoms. The number of likely N-dealkylation sites (N-methyl/N-ethyl adjacent to an activating group) is 1. The van der Waals surface area contributed by atoms with Crippen LogP contribution in [0.5, 0.6) is 0 Å². The first-order valence-corrected chi connectivity index (χ1v) is 5.64. The third-order valence-corrected chi connectivity index (χ3v) is 3.02. The molecule has 1 aliphatic rings. The quantitative estimate of drug-likeness (QED) is 0.401. The van der Waals surface area contributed by atoms with Crippen molar-refractivity contribution in [3.63, 3.8) is 0 Å². The van der Waals surface area contributed by atoms with E-state index in [4.69, 9.17) is 11.5 Å². The van der Waals surface area contributed by atoms with E-state index >= 15 is 0 Å². The normalized spacial score (nSPS) is 33.0. The summed E-state index contributed by atoms with van der Waals surface area (Å²) in [6.07, 6.45) is 5.30. The highest BCUT2D eigenvalue weighted by Crippen LogP contribution is 2.19. The molecular weight excluding hydrogens is 176 g/mol. The van der Waals surface area contributed by atoms with Crippen LogP contribution in [0.15, 0.2) is 0 Å². The molecule has 0 radical (unpaired) electrons. The molecule has 1 aliphatic heterocycles. The molecule has 14 heavy (non-hydrogen) atoms. The highest BCUT2D eigenvalue weighted by atomic mass is 15.5. The van der Waals surface area contributed by atoms with Gasteiger partial charge in [-0.15, -0.1) is 0 Å². The zero-order valence-corrected chi connectivity index (χ0v) is 9.37. The summed E-state index contributed by atoms with van der Waals surface area (Å²) in [5.41, 5.74) is 11.5. The van der Waals surface area contributed by atoms with Crippen molar-refractivity contribution < 1.29 is 0 Å². The van der Waals surface area contributed by atoms with Gasteiger partial charge < -0.3 is 16.8 Å². The van der Waals surface area contributed by atoms with Gasteiger partial charge >= 0.3 is 0 Å². The Morgan fingerprint density at radius 1 is 1.29 bits per heavy atom. The van der Waals surface area contributed by atoms with Crippen molar-refractivity contribution in [3.8, 4) is 0 Å². The number of nitrogens with zero attached hydrogens (tertiary/aromatic N) is 1. The Morgan fingerprint density at radius 3 is 2.36 bits per heavy atom. The van der Waals surface area contributed by atoms with E-state index in [0.717, 1.165) is 6.54 Å². The third-order valence-electron chi connectivity index (χ3n) is 3.02. The lowest BCUT2D eigenvalue weighted by atomic mass is 10.1. The maximum absolute atomic E-state index is 5.74. The van der Waals surface area contributed by atoms with E-state index in [1.54, 1.807) is 0 Å². The Labute approximate surface area is 87.0 Å². The van der Waals surface area contributed by atoms with Crippen LogP contribution in [0.3, 0.4) is 0 Å². The number of hydrogen-bond donors (Lipinski definition) is 3. The van der Waals surface area contributed by atoms with Crippen molar-refractivity contribution >= 4 is 0 Å². The zero-order chi connectivity index (χ0) is 10.6. The van der Waals surface area contributed by atoms with Crippen molar-refractivity contribution in [1.29, 1.82) is 0 Å². The molecule has 1 saturated heterocycles. The molecular formula is C10H24N4. The van der Waals surface area contributed by atoms with E-state index in [0.29, 0.717) is 6.04 Å². The molecule has 3 unspecified atom stereocenters. The Bertz CT molecular complexity index is 154. The average molecular weight is 200 g/mol. The lowest BCUT2D eigenvalue weighted by Crippen LogP contribution is -2.34. The summed E-state index contributed by atoms with van der Waals surface area (Å²) < 4.78 is 0. The topological polar surface area (TPSA) is 67.1 Å². The van der Waals surface area contributed by atoms with Gasteiger partial charge in [-0.2, -0.15) is 0 Å². The van der Waals surface area contributed by atoms with E-state index in [-0.39, 0.29) is 12.3 Å². The van der Waals surface area contributed by atoms with Crippen LogP contribution >= 0.6 is 0 Å². The molecule has 0 aromatic rings. The van der Waals surface area contributed by atoms with E-state index in [1.807, 2.05) is 7.05 Å². The van der Waals surface area contributed by atoms with Gasteiger partial charge in [-0.25, -0.2) is 0 Å². The first-order valence-electron chi connectivity index (χ1n) is 5.64. The van der Waals surface area contributed by atoms with Crippen molar-refractivity contribution in [2.45, 2.75) is 51.0 Å². The number of hydrogen-bond acceptors (Lipinski definition) is 4. The summed E-state index contributed by atoms with van der Waals surface area (Å²) >= 11 is 0. The molecule has 0 aromatic carbocycles. The largest absolute Gasteiger partial charge is 0.316 e. The van der Waals surface area contributed by atoms with Gasteiger partial charge in [0.1, 0.15) is 0 Å². The van der Waals surface area contributed by atoms with Crippen LogP contribution in [-0.4, -0.2) is 36.9 Å². The molecule has 1 heterocycles. The van der Waals surface area contributed by atoms with E-state index < -0.39 is 0 Å². The van der Waals surface area contributed by atoms with Gasteiger partial charge in [0.15, 0.2) is 0 Å². The van der Waals surface area contributed by atoms with Crippen LogP contribution < -0.4 is 16.8 Å². The molecule has 0 saturated carbocycles. The van der Waals surface area contributed by atoms with Crippen molar-refractivity contribution in [2.24, 2.45) is 11.5 Å². The zero-order valence-electron chi connectivity index (χ0n) is 9.37. The van der Waals surface area contributed by atoms with Gasteiger partial charge in [-0.3, -0.25) is 4.90 Å². The highest BCUT2D eigenvalue weighted by Gasteiger charge is 2.42. The van der Waals surface area contributed by atoms with Crippen LogP contribution in [0.1, 0.15) is 32.6 Å². The Morgan fingerprint density at radius 2 is 1.93 bits per heavy atom. The molecule has 5 N–H and O–H groups in total. The first kappa shape index (κ1) is 11.9. The van der Waals surface area contributed by atoms with Crippen molar-refractivity contribution in [3.05, 3.63) is 0 Å². The van der Waals surface area contributed by atoms with Crippen LogP contribution in [0.25, 0.3) is 0 Å². The molecule has 1 fully saturated rings. The van der Waals surface area contributed by atoms with Gasteiger partial charge in [0.05, 0.1) is 12.3 Å². The maximum atomic E-state index is 5.74. The molecule has 0 aliphatic carbocycles. The maximum Gasteiger partial charge on any atom is 0.0880 e. The summed E-state index contributed by atoms with van der Waals surface area (Å²) in [6.45, 7) is 3.22. The van der Waals surface area contributed by atoms with Crippen LogP contribution in [0, 0.1) is 0 Å². The van der Waals surface area contributed by atoms with Gasteiger partial charge in [0.25, 0.3) is 0 Å². The smallest absolute Gasteiger partial charge is 0.0880 e. The first-order chi connectivity index (χ1) is 6.70. The van der Waals surface area contributed by atoms with Gasteiger partial charge in [0, 0.05) is 12.6 Å². The minimum atomic E-state index is 0.0945. The molecule has 4 heteroatoms. The second-order valence-corrected chi connectivity index (χ2v) is 4.16. The fourth-order valence-corrected chi connectivity index (χ4v) is 1.78. The number of nitrogens with one attached hydrogen (secondary N) is 1. The van der Waals surface area contributed by atoms with E-state index in [2.05, 4.69) is 17.1 Å². The van der Waals surface area contributed by atoms with Crippen LogP contribution in [-0.2, 0) is 0 Å². The fourth-order valence-electron chi connectivity index (χ4n) is 1.78. The Balaban J connectivity index is 2.12. The van der Waals surface area contributed by atoms with Crippen LogP contribution in [0.2, 0.25) is 0 Å². The average Bonchev–Trinajstić information content (AvgIpc) is 2.74. The second kappa shape index (κ2) is 5.66. The summed E-state index contributed by atoms with van der Waals surface area (Å²) in [4.78, 5) is 2.13. The standard InChI is InChI=1S/C10H24N4/c1-3-4-5-6-8(13-2)7-14-9(11)10(14)12/h8-10,13H,3-7,11-12H2,1-2H3. The van der Waals surface area contributed by atoms with Gasteiger partial charge in [0.2, 0.25) is 0 Å². The molecule has 0 spiro atoms. The summed E-state index contributed by atoms with van der Waals surface area (Å²) in [6, 6.07) is 0.543. The third kappa shape index (κ3) is 3.20. The van der Waals surface area contributed by atoms with E-state index in [9.17, 15) is 0 Å². The fraction of sp³-hybridized carbons (Fsp3) is 1.00. The number of rotatable bonds is 7. The minimum Gasteiger partial charge on any atom is -0.316 e. The molecule has 3 atom stereocenters. The highest BCUT2D eigenvalue weighted by molar-refractivity contribution is 4.95. The molecule has 4 nitrogen and oxygen atoms in total. The van der Waals surface area contributed by atoms with Gasteiger partial charge in [-0.05, 0) is 13.5 Å². The molecule has 1 rings (SSSR count). The van der Waals surface area contributed by atoms with Crippen LogP contribution in [0.4, 0.5) is 0 Å². The summed E-state index contributed by atoms with van der Waals surface area (Å²) in [5, 5.41) is 3.32. The summed E-state index contributed by atoms with van der Waals surface area (Å²) in [7, 11) is 2.01. The molecule has 0 amide bonds. The number of nitrogens with two attached hydrogens (primary N) is 2. The minimum absolute atomic E-state index is 0.0945. The Hall–Kier alpha value is -0.160. The van der Waals surface area contributed by atoms with Crippen molar-refractivity contribution in [1.82, 2.24) is 10.2 Å². The summed E-state index contributed by atoms with van der Waals surface area (Å²) in [5.74, 6) is 0. The predicted molar refractivity (Wildman–Crippen MR) is 59.6 cm³/mol. The molecule has 0 aromatic heterocycles. The van der Waals surface area contributed by atoms with Gasteiger partial charge in [-0.1, -0.05) is 26.2 Å².